The van der Waals surface area contributed by atoms with E-state index in [0.717, 1.165) is 19.8 Å². The van der Waals surface area contributed by atoms with Crippen molar-refractivity contribution in [2.75, 3.05) is 19.8 Å². The van der Waals surface area contributed by atoms with Gasteiger partial charge in [-0.25, -0.2) is 0 Å². The molecule has 0 aromatic rings. The molecule has 0 aliphatic rings. The number of nitrogens with two attached hydrogens (primary N) is 1. The first-order valence-electron chi connectivity index (χ1n) is 8.84. The molecule has 0 saturated carbocycles. The van der Waals surface area contributed by atoms with Crippen molar-refractivity contribution < 1.29 is 4.74 Å². The molecule has 0 bridgehead atoms. The zero-order valence-corrected chi connectivity index (χ0v) is 13.7. The van der Waals surface area contributed by atoms with Crippen LogP contribution in [-0.2, 0) is 4.74 Å². The SMILES string of the molecule is CCOCCCCCCC=CCCCCCCCCN. The van der Waals surface area contributed by atoms with Crippen LogP contribution in [0.1, 0.15) is 84.0 Å². The third-order valence-electron chi connectivity index (χ3n) is 3.61. The normalized spacial score (nSPS) is 11.5. The second-order valence-corrected chi connectivity index (χ2v) is 5.57. The molecule has 120 valence electrons. The third kappa shape index (κ3) is 17.7. The van der Waals surface area contributed by atoms with Gasteiger partial charge in [-0.1, -0.05) is 50.7 Å². The topological polar surface area (TPSA) is 35.2 Å². The summed E-state index contributed by atoms with van der Waals surface area (Å²) in [5.41, 5.74) is 5.47. The minimum absolute atomic E-state index is 0.856. The molecule has 0 saturated heterocycles. The Bertz CT molecular complexity index is 172. The zero-order valence-electron chi connectivity index (χ0n) is 13.7. The van der Waals surface area contributed by atoms with Gasteiger partial charge < -0.3 is 10.5 Å². The molecule has 0 radical (unpaired) electrons. The molecule has 0 aliphatic heterocycles. The number of rotatable bonds is 16. The minimum atomic E-state index is 0.856. The Balaban J connectivity index is 3.01. The van der Waals surface area contributed by atoms with Crippen LogP contribution in [-0.4, -0.2) is 19.8 Å². The molecular weight excluding hydrogens is 246 g/mol. The van der Waals surface area contributed by atoms with Crippen molar-refractivity contribution in [2.24, 2.45) is 5.73 Å². The molecule has 2 N–H and O–H groups in total. The van der Waals surface area contributed by atoms with Gasteiger partial charge in [0.05, 0.1) is 0 Å². The van der Waals surface area contributed by atoms with Gasteiger partial charge in [0.2, 0.25) is 0 Å². The van der Waals surface area contributed by atoms with Gasteiger partial charge in [-0.3, -0.25) is 0 Å². The van der Waals surface area contributed by atoms with Crippen molar-refractivity contribution >= 4 is 0 Å². The summed E-state index contributed by atoms with van der Waals surface area (Å²) in [5, 5.41) is 0. The first kappa shape index (κ1) is 19.7. The van der Waals surface area contributed by atoms with Crippen LogP contribution in [0.3, 0.4) is 0 Å². The van der Waals surface area contributed by atoms with Crippen molar-refractivity contribution in [1.29, 1.82) is 0 Å². The smallest absolute Gasteiger partial charge is 0.0465 e. The lowest BCUT2D eigenvalue weighted by Crippen LogP contribution is -1.97. The molecule has 0 rings (SSSR count). The fourth-order valence-corrected chi connectivity index (χ4v) is 2.31. The van der Waals surface area contributed by atoms with Gasteiger partial charge in [-0.2, -0.15) is 0 Å². The average Bonchev–Trinajstić information content (AvgIpc) is 2.47. The molecule has 0 amide bonds. The van der Waals surface area contributed by atoms with Crippen molar-refractivity contribution in [1.82, 2.24) is 0 Å². The molecule has 2 heteroatoms. The van der Waals surface area contributed by atoms with Gasteiger partial charge in [0, 0.05) is 13.2 Å². The summed E-state index contributed by atoms with van der Waals surface area (Å²) < 4.78 is 5.33. The summed E-state index contributed by atoms with van der Waals surface area (Å²) in [6, 6.07) is 0. The minimum Gasteiger partial charge on any atom is -0.382 e. The van der Waals surface area contributed by atoms with Crippen LogP contribution in [0.5, 0.6) is 0 Å². The Labute approximate surface area is 127 Å². The first-order chi connectivity index (χ1) is 9.91. The van der Waals surface area contributed by atoms with E-state index in [1.54, 1.807) is 0 Å². The van der Waals surface area contributed by atoms with Crippen molar-refractivity contribution in [2.45, 2.75) is 84.0 Å². The lowest BCUT2D eigenvalue weighted by Gasteiger charge is -2.00. The molecule has 0 aromatic carbocycles. The van der Waals surface area contributed by atoms with E-state index in [2.05, 4.69) is 19.1 Å². The summed E-state index contributed by atoms with van der Waals surface area (Å²) in [7, 11) is 0. The summed E-state index contributed by atoms with van der Waals surface area (Å²) in [6.07, 6.45) is 20.5. The highest BCUT2D eigenvalue weighted by molar-refractivity contribution is 4.81. The quantitative estimate of drug-likeness (QED) is 0.311. The zero-order chi connectivity index (χ0) is 14.7. The predicted octanol–water partition coefficient (Wildman–Crippen LogP) is 5.22. The van der Waals surface area contributed by atoms with E-state index in [9.17, 15) is 0 Å². The fourth-order valence-electron chi connectivity index (χ4n) is 2.31. The Morgan fingerprint density at radius 3 is 1.75 bits per heavy atom. The van der Waals surface area contributed by atoms with Crippen LogP contribution in [0.2, 0.25) is 0 Å². The fraction of sp³-hybridized carbons (Fsp3) is 0.889. The van der Waals surface area contributed by atoms with E-state index >= 15 is 0 Å². The maximum absolute atomic E-state index is 5.47. The highest BCUT2D eigenvalue weighted by Gasteiger charge is 1.90. The largest absolute Gasteiger partial charge is 0.382 e. The summed E-state index contributed by atoms with van der Waals surface area (Å²) in [4.78, 5) is 0. The van der Waals surface area contributed by atoms with Crippen LogP contribution in [0.25, 0.3) is 0 Å². The molecular formula is C18H37NO. The Hall–Kier alpha value is -0.340. The number of allylic oxidation sites excluding steroid dienone is 2. The standard InChI is InChI=1S/C18H37NO/c1-2-20-18-16-14-12-10-8-6-4-3-5-7-9-11-13-15-17-19/h4,6H,2-3,5,7-19H2,1H3. The maximum Gasteiger partial charge on any atom is 0.0465 e. The summed E-state index contributed by atoms with van der Waals surface area (Å²) >= 11 is 0. The van der Waals surface area contributed by atoms with Gasteiger partial charge in [0.15, 0.2) is 0 Å². The van der Waals surface area contributed by atoms with Gasteiger partial charge in [-0.15, -0.1) is 0 Å². The Morgan fingerprint density at radius 1 is 0.700 bits per heavy atom. The van der Waals surface area contributed by atoms with Crippen molar-refractivity contribution in [3.8, 4) is 0 Å². The lowest BCUT2D eigenvalue weighted by atomic mass is 10.1. The van der Waals surface area contributed by atoms with E-state index in [0.29, 0.717) is 0 Å². The molecule has 0 spiro atoms. The van der Waals surface area contributed by atoms with Gasteiger partial charge in [0.1, 0.15) is 0 Å². The van der Waals surface area contributed by atoms with Gasteiger partial charge >= 0.3 is 0 Å². The molecule has 2 nitrogen and oxygen atoms in total. The first-order valence-corrected chi connectivity index (χ1v) is 8.84. The summed E-state index contributed by atoms with van der Waals surface area (Å²) in [6.45, 7) is 4.71. The highest BCUT2D eigenvalue weighted by atomic mass is 16.5. The van der Waals surface area contributed by atoms with Crippen molar-refractivity contribution in [3.05, 3.63) is 12.2 Å². The Morgan fingerprint density at radius 2 is 1.20 bits per heavy atom. The predicted molar refractivity (Wildman–Crippen MR) is 90.1 cm³/mol. The van der Waals surface area contributed by atoms with Crippen LogP contribution in [0.15, 0.2) is 12.2 Å². The lowest BCUT2D eigenvalue weighted by molar-refractivity contribution is 0.143. The van der Waals surface area contributed by atoms with E-state index in [4.69, 9.17) is 10.5 Å². The number of hydrogen-bond donors (Lipinski definition) is 1. The number of hydrogen-bond acceptors (Lipinski definition) is 2. The summed E-state index contributed by atoms with van der Waals surface area (Å²) in [5.74, 6) is 0. The maximum atomic E-state index is 5.47. The van der Waals surface area contributed by atoms with Crippen LogP contribution < -0.4 is 5.73 Å². The average molecular weight is 284 g/mol. The second-order valence-electron chi connectivity index (χ2n) is 5.57. The molecule has 0 fully saturated rings. The van der Waals surface area contributed by atoms with Crippen LogP contribution in [0, 0.1) is 0 Å². The molecule has 0 aliphatic carbocycles. The molecule has 20 heavy (non-hydrogen) atoms. The number of ether oxygens (including phenoxy) is 1. The molecule has 0 heterocycles. The van der Waals surface area contributed by atoms with Crippen molar-refractivity contribution in [3.63, 3.8) is 0 Å². The molecule has 0 unspecified atom stereocenters. The Kier molecular flexibility index (Phi) is 18.3. The number of unbranched alkanes of at least 4 members (excludes halogenated alkanes) is 10. The van der Waals surface area contributed by atoms with Crippen LogP contribution in [0.4, 0.5) is 0 Å². The molecule has 0 aromatic heterocycles. The van der Waals surface area contributed by atoms with E-state index in [-0.39, 0.29) is 0 Å². The van der Waals surface area contributed by atoms with E-state index in [1.165, 1.54) is 77.0 Å². The van der Waals surface area contributed by atoms with Crippen LogP contribution >= 0.6 is 0 Å². The van der Waals surface area contributed by atoms with Gasteiger partial charge in [0.25, 0.3) is 0 Å². The monoisotopic (exact) mass is 283 g/mol. The highest BCUT2D eigenvalue weighted by Crippen LogP contribution is 2.08. The van der Waals surface area contributed by atoms with Gasteiger partial charge in [-0.05, 0) is 52.0 Å². The molecule has 0 atom stereocenters. The van der Waals surface area contributed by atoms with E-state index < -0.39 is 0 Å². The third-order valence-corrected chi connectivity index (χ3v) is 3.61. The second kappa shape index (κ2) is 18.7. The van der Waals surface area contributed by atoms with E-state index in [1.807, 2.05) is 0 Å².